The molecule has 5 nitrogen and oxygen atoms in total. The second-order valence-electron chi connectivity index (χ2n) is 6.87. The van der Waals surface area contributed by atoms with Gasteiger partial charge in [-0.1, -0.05) is 36.4 Å². The molecule has 7 heteroatoms. The number of carbonyl (C=O) groups is 2. The maximum absolute atomic E-state index is 12.9. The van der Waals surface area contributed by atoms with Gasteiger partial charge in [-0.2, -0.15) is 11.3 Å². The molecule has 0 aliphatic heterocycles. The molecule has 0 radical (unpaired) electrons. The number of nitrogens with one attached hydrogen (secondary N) is 1. The van der Waals surface area contributed by atoms with E-state index in [0.717, 1.165) is 11.3 Å². The number of carbonyl (C=O) groups excluding carboxylic acids is 2. The summed E-state index contributed by atoms with van der Waals surface area (Å²) in [4.78, 5) is 25.4. The number of Topliss-reactive ketones (excluding diaryl/α,β-unsaturated/α-hetero) is 1. The van der Waals surface area contributed by atoms with Crippen LogP contribution in [-0.4, -0.2) is 37.2 Å². The van der Waals surface area contributed by atoms with Crippen LogP contribution in [0.3, 0.4) is 0 Å². The van der Waals surface area contributed by atoms with E-state index in [-0.39, 0.29) is 18.3 Å². The van der Waals surface area contributed by atoms with Gasteiger partial charge in [-0.05, 0) is 46.5 Å². The Morgan fingerprint density at radius 3 is 2.58 bits per heavy atom. The lowest BCUT2D eigenvalue weighted by atomic mass is 10.0. The molecule has 1 heterocycles. The molecule has 1 atom stereocenters. The third-order valence-corrected chi connectivity index (χ3v) is 6.27. The van der Waals surface area contributed by atoms with E-state index in [0.29, 0.717) is 23.7 Å². The van der Waals surface area contributed by atoms with Gasteiger partial charge in [-0.15, -0.1) is 11.8 Å². The molecule has 0 aliphatic rings. The first-order valence-corrected chi connectivity index (χ1v) is 12.0. The summed E-state index contributed by atoms with van der Waals surface area (Å²) in [6.45, 7) is -0.173. The molecule has 2 aromatic carbocycles. The van der Waals surface area contributed by atoms with E-state index in [1.165, 1.54) is 5.56 Å². The molecule has 0 saturated carbocycles. The van der Waals surface area contributed by atoms with Gasteiger partial charge < -0.3 is 14.8 Å². The molecule has 3 aromatic rings. The van der Waals surface area contributed by atoms with Gasteiger partial charge in [-0.25, -0.2) is 0 Å². The monoisotopic (exact) mass is 455 g/mol. The number of rotatable bonds is 12. The minimum absolute atomic E-state index is 0.00110. The number of methoxy groups -OCH3 is 1. The highest BCUT2D eigenvalue weighted by molar-refractivity contribution is 7.99. The number of benzene rings is 2. The van der Waals surface area contributed by atoms with Gasteiger partial charge in [0.05, 0.1) is 18.9 Å². The fourth-order valence-corrected chi connectivity index (χ4v) is 4.61. The first-order valence-electron chi connectivity index (χ1n) is 9.85. The standard InChI is InChI=1S/C24H25NO4S2/c1-28-20-8-5-9-21(13-20)29-14-24(27)25-22(12-18-6-3-2-4-7-18)23(26)17-31-16-19-10-11-30-15-19/h2-11,13,15,22H,12,14,16-17H2,1H3,(H,25,27)/t22-/m0/s1. The number of hydrogen-bond donors (Lipinski definition) is 1. The smallest absolute Gasteiger partial charge is 0.258 e. The first-order chi connectivity index (χ1) is 15.1. The third-order valence-electron chi connectivity index (χ3n) is 4.51. The van der Waals surface area contributed by atoms with E-state index in [1.54, 1.807) is 54.5 Å². The zero-order valence-electron chi connectivity index (χ0n) is 17.3. The van der Waals surface area contributed by atoms with E-state index < -0.39 is 6.04 Å². The molecule has 0 unspecified atom stereocenters. The van der Waals surface area contributed by atoms with Gasteiger partial charge >= 0.3 is 0 Å². The molecule has 1 aromatic heterocycles. The van der Waals surface area contributed by atoms with Crippen molar-refractivity contribution in [3.63, 3.8) is 0 Å². The Kier molecular flexibility index (Phi) is 8.99. The molecular formula is C24H25NO4S2. The highest BCUT2D eigenvalue weighted by atomic mass is 32.2. The van der Waals surface area contributed by atoms with Crippen molar-refractivity contribution in [1.82, 2.24) is 5.32 Å². The Balaban J connectivity index is 1.56. The van der Waals surface area contributed by atoms with Crippen molar-refractivity contribution in [2.75, 3.05) is 19.5 Å². The van der Waals surface area contributed by atoms with Crippen molar-refractivity contribution >= 4 is 34.8 Å². The summed E-state index contributed by atoms with van der Waals surface area (Å²) in [6, 6.07) is 18.2. The predicted octanol–water partition coefficient (Wildman–Crippen LogP) is 4.37. The number of amides is 1. The molecule has 31 heavy (non-hydrogen) atoms. The van der Waals surface area contributed by atoms with E-state index in [9.17, 15) is 9.59 Å². The Bertz CT molecular complexity index is 961. The summed E-state index contributed by atoms with van der Waals surface area (Å²) >= 11 is 3.20. The highest BCUT2D eigenvalue weighted by Gasteiger charge is 2.21. The zero-order chi connectivity index (χ0) is 21.9. The fraction of sp³-hybridized carbons (Fsp3) is 0.250. The van der Waals surface area contributed by atoms with Crippen LogP contribution in [0.25, 0.3) is 0 Å². The zero-order valence-corrected chi connectivity index (χ0v) is 18.9. The largest absolute Gasteiger partial charge is 0.497 e. The van der Waals surface area contributed by atoms with Crippen LogP contribution in [0, 0.1) is 0 Å². The molecular weight excluding hydrogens is 430 g/mol. The van der Waals surface area contributed by atoms with Crippen LogP contribution < -0.4 is 14.8 Å². The van der Waals surface area contributed by atoms with Gasteiger partial charge in [-0.3, -0.25) is 9.59 Å². The minimum atomic E-state index is -0.598. The van der Waals surface area contributed by atoms with E-state index in [4.69, 9.17) is 9.47 Å². The molecule has 3 rings (SSSR count). The molecule has 0 fully saturated rings. The number of thioether (sulfide) groups is 1. The van der Waals surface area contributed by atoms with Crippen LogP contribution in [0.15, 0.2) is 71.4 Å². The summed E-state index contributed by atoms with van der Waals surface area (Å²) in [5, 5.41) is 6.96. The predicted molar refractivity (Wildman–Crippen MR) is 126 cm³/mol. The van der Waals surface area contributed by atoms with E-state index in [1.807, 2.05) is 35.7 Å². The van der Waals surface area contributed by atoms with Gasteiger partial charge in [0.15, 0.2) is 12.4 Å². The first kappa shape index (κ1) is 22.9. The molecule has 1 amide bonds. The Hall–Kier alpha value is -2.77. The van der Waals surface area contributed by atoms with Gasteiger partial charge in [0, 0.05) is 11.8 Å². The van der Waals surface area contributed by atoms with E-state index >= 15 is 0 Å². The van der Waals surface area contributed by atoms with Crippen molar-refractivity contribution in [3.8, 4) is 11.5 Å². The SMILES string of the molecule is COc1cccc(OCC(=O)N[C@@H](Cc2ccccc2)C(=O)CSCc2ccsc2)c1. The normalized spacial score (nSPS) is 11.5. The van der Waals surface area contributed by atoms with Crippen LogP contribution in [0.1, 0.15) is 11.1 Å². The lowest BCUT2D eigenvalue weighted by Crippen LogP contribution is -2.45. The van der Waals surface area contributed by atoms with Crippen LogP contribution in [-0.2, 0) is 21.8 Å². The fourth-order valence-electron chi connectivity index (χ4n) is 2.92. The molecule has 0 aliphatic carbocycles. The summed E-state index contributed by atoms with van der Waals surface area (Å²) < 4.78 is 10.7. The van der Waals surface area contributed by atoms with Crippen molar-refractivity contribution in [2.45, 2.75) is 18.2 Å². The van der Waals surface area contributed by atoms with Gasteiger partial charge in [0.1, 0.15) is 11.5 Å². The maximum atomic E-state index is 12.9. The number of hydrogen-bond acceptors (Lipinski definition) is 6. The average Bonchev–Trinajstić information content (AvgIpc) is 3.31. The minimum Gasteiger partial charge on any atom is -0.497 e. The van der Waals surface area contributed by atoms with Crippen molar-refractivity contribution in [1.29, 1.82) is 0 Å². The van der Waals surface area contributed by atoms with Gasteiger partial charge in [0.2, 0.25) is 0 Å². The van der Waals surface area contributed by atoms with Crippen molar-refractivity contribution < 1.29 is 19.1 Å². The molecule has 0 saturated heterocycles. The second-order valence-corrected chi connectivity index (χ2v) is 8.63. The lowest BCUT2D eigenvalue weighted by Gasteiger charge is -2.18. The van der Waals surface area contributed by atoms with Crippen molar-refractivity contribution in [3.05, 3.63) is 82.6 Å². The quantitative estimate of drug-likeness (QED) is 0.439. The number of ketones is 1. The maximum Gasteiger partial charge on any atom is 0.258 e. The summed E-state index contributed by atoms with van der Waals surface area (Å²) in [7, 11) is 1.57. The van der Waals surface area contributed by atoms with Crippen LogP contribution in [0.4, 0.5) is 0 Å². The lowest BCUT2D eigenvalue weighted by molar-refractivity contribution is -0.128. The molecule has 0 spiro atoms. The summed E-state index contributed by atoms with van der Waals surface area (Å²) in [5.74, 6) is 1.97. The molecule has 0 bridgehead atoms. The molecule has 1 N–H and O–H groups in total. The van der Waals surface area contributed by atoms with Crippen LogP contribution >= 0.6 is 23.1 Å². The highest BCUT2D eigenvalue weighted by Crippen LogP contribution is 2.19. The number of ether oxygens (including phenoxy) is 2. The Morgan fingerprint density at radius 1 is 1.03 bits per heavy atom. The van der Waals surface area contributed by atoms with E-state index in [2.05, 4.69) is 16.8 Å². The topological polar surface area (TPSA) is 64.6 Å². The van der Waals surface area contributed by atoms with Crippen molar-refractivity contribution in [2.24, 2.45) is 0 Å². The summed E-state index contributed by atoms with van der Waals surface area (Å²) in [5.41, 5.74) is 2.20. The Labute approximate surface area is 190 Å². The second kappa shape index (κ2) is 12.2. The van der Waals surface area contributed by atoms with Crippen LogP contribution in [0.5, 0.6) is 11.5 Å². The Morgan fingerprint density at radius 2 is 1.84 bits per heavy atom. The molecule has 162 valence electrons. The average molecular weight is 456 g/mol. The van der Waals surface area contributed by atoms with Crippen LogP contribution in [0.2, 0.25) is 0 Å². The number of thiophene rings is 1. The van der Waals surface area contributed by atoms with Gasteiger partial charge in [0.25, 0.3) is 5.91 Å². The third kappa shape index (κ3) is 7.77. The summed E-state index contributed by atoms with van der Waals surface area (Å²) in [6.07, 6.45) is 0.448.